The summed E-state index contributed by atoms with van der Waals surface area (Å²) in [6, 6.07) is 5.77. The van der Waals surface area contributed by atoms with Crippen LogP contribution in [-0.4, -0.2) is 24.9 Å². The van der Waals surface area contributed by atoms with Crippen LogP contribution in [-0.2, 0) is 0 Å². The van der Waals surface area contributed by atoms with E-state index in [4.69, 9.17) is 9.47 Å². The van der Waals surface area contributed by atoms with Gasteiger partial charge in [-0.3, -0.25) is 0 Å². The maximum Gasteiger partial charge on any atom is 0.175 e. The average Bonchev–Trinajstić information content (AvgIpc) is 2.48. The molecule has 0 saturated heterocycles. The third-order valence-electron chi connectivity index (χ3n) is 3.28. The molecule has 0 aliphatic heterocycles. The largest absolute Gasteiger partial charge is 0.493 e. The summed E-state index contributed by atoms with van der Waals surface area (Å²) in [5.41, 5.74) is 0.730. The number of hydrogen-bond donors (Lipinski definition) is 1. The second-order valence-corrected chi connectivity index (χ2v) is 5.64. The minimum absolute atomic E-state index is 0.523. The third-order valence-corrected chi connectivity index (χ3v) is 3.87. The Bertz CT molecular complexity index is 499. The van der Waals surface area contributed by atoms with Crippen LogP contribution >= 0.6 is 15.9 Å². The number of nitrogens with zero attached hydrogens (tertiary/aromatic N) is 1. The molecule has 0 bridgehead atoms. The Kier molecular flexibility index (Phi) is 7.55. The van der Waals surface area contributed by atoms with Crippen LogP contribution < -0.4 is 9.47 Å². The number of rotatable bonds is 8. The summed E-state index contributed by atoms with van der Waals surface area (Å²) < 4.78 is 11.6. The standard InChI is InChI=1S/C16H22BrNO3/c1-4-6-7-14(19)12(10-18)11-8-13(17)16(21-5-2)15(9-11)20-3/h8-9,12,14,19H,4-7H2,1-3H3. The first kappa shape index (κ1) is 17.8. The summed E-state index contributed by atoms with van der Waals surface area (Å²) in [6.45, 7) is 4.48. The van der Waals surface area contributed by atoms with Crippen LogP contribution in [0.5, 0.6) is 11.5 Å². The minimum Gasteiger partial charge on any atom is -0.493 e. The van der Waals surface area contributed by atoms with Gasteiger partial charge in [0, 0.05) is 0 Å². The summed E-state index contributed by atoms with van der Waals surface area (Å²) in [7, 11) is 1.56. The van der Waals surface area contributed by atoms with Crippen molar-refractivity contribution in [3.8, 4) is 17.6 Å². The summed E-state index contributed by atoms with van der Waals surface area (Å²) in [4.78, 5) is 0. The van der Waals surface area contributed by atoms with E-state index in [0.29, 0.717) is 24.5 Å². The molecule has 1 N–H and O–H groups in total. The number of aliphatic hydroxyl groups is 1. The van der Waals surface area contributed by atoms with Gasteiger partial charge in [0.25, 0.3) is 0 Å². The molecule has 1 rings (SSSR count). The number of aliphatic hydroxyl groups excluding tert-OH is 1. The Morgan fingerprint density at radius 2 is 2.10 bits per heavy atom. The number of hydrogen-bond acceptors (Lipinski definition) is 4. The number of halogens is 1. The zero-order chi connectivity index (χ0) is 15.8. The van der Waals surface area contributed by atoms with Crippen molar-refractivity contribution in [1.29, 1.82) is 5.26 Å². The van der Waals surface area contributed by atoms with Crippen LogP contribution in [0.4, 0.5) is 0 Å². The van der Waals surface area contributed by atoms with E-state index in [-0.39, 0.29) is 0 Å². The number of ether oxygens (including phenoxy) is 2. The lowest BCUT2D eigenvalue weighted by molar-refractivity contribution is 0.148. The van der Waals surface area contributed by atoms with Gasteiger partial charge < -0.3 is 14.6 Å². The molecule has 0 radical (unpaired) electrons. The predicted octanol–water partition coefficient (Wildman–Crippen LogP) is 4.01. The highest BCUT2D eigenvalue weighted by atomic mass is 79.9. The number of unbranched alkanes of at least 4 members (excludes halogenated alkanes) is 1. The molecule has 116 valence electrons. The minimum atomic E-state index is -0.676. The van der Waals surface area contributed by atoms with Gasteiger partial charge in [0.15, 0.2) is 11.5 Å². The summed E-state index contributed by atoms with van der Waals surface area (Å²) in [6.07, 6.45) is 1.83. The lowest BCUT2D eigenvalue weighted by atomic mass is 9.91. The smallest absolute Gasteiger partial charge is 0.175 e. The van der Waals surface area contributed by atoms with Crippen LogP contribution in [0.1, 0.15) is 44.6 Å². The molecular weight excluding hydrogens is 334 g/mol. The number of methoxy groups -OCH3 is 1. The van der Waals surface area contributed by atoms with Crippen molar-refractivity contribution < 1.29 is 14.6 Å². The Hall–Kier alpha value is -1.25. The van der Waals surface area contributed by atoms with E-state index < -0.39 is 12.0 Å². The van der Waals surface area contributed by atoms with E-state index in [0.717, 1.165) is 22.9 Å². The van der Waals surface area contributed by atoms with Gasteiger partial charge in [-0.25, -0.2) is 0 Å². The summed E-state index contributed by atoms with van der Waals surface area (Å²) in [5.74, 6) is 0.602. The quantitative estimate of drug-likeness (QED) is 0.764. The third kappa shape index (κ3) is 4.62. The summed E-state index contributed by atoms with van der Waals surface area (Å²) >= 11 is 3.44. The zero-order valence-corrected chi connectivity index (χ0v) is 14.3. The monoisotopic (exact) mass is 355 g/mol. The average molecular weight is 356 g/mol. The second-order valence-electron chi connectivity index (χ2n) is 4.78. The lowest BCUT2D eigenvalue weighted by Gasteiger charge is -2.19. The van der Waals surface area contributed by atoms with Crippen molar-refractivity contribution in [2.45, 2.75) is 45.1 Å². The van der Waals surface area contributed by atoms with Gasteiger partial charge in [-0.1, -0.05) is 19.8 Å². The Morgan fingerprint density at radius 3 is 2.62 bits per heavy atom. The van der Waals surface area contributed by atoms with Gasteiger partial charge in [-0.05, 0) is 47.0 Å². The maximum atomic E-state index is 10.2. The Morgan fingerprint density at radius 1 is 1.38 bits per heavy atom. The molecule has 0 heterocycles. The van der Waals surface area contributed by atoms with Gasteiger partial charge in [0.2, 0.25) is 0 Å². The van der Waals surface area contributed by atoms with E-state index >= 15 is 0 Å². The maximum absolute atomic E-state index is 10.2. The van der Waals surface area contributed by atoms with Crippen LogP contribution in [0, 0.1) is 11.3 Å². The predicted molar refractivity (Wildman–Crippen MR) is 85.7 cm³/mol. The normalized spacial score (nSPS) is 13.3. The van der Waals surface area contributed by atoms with Gasteiger partial charge in [-0.2, -0.15) is 5.26 Å². The van der Waals surface area contributed by atoms with Crippen LogP contribution in [0.3, 0.4) is 0 Å². The first-order valence-corrected chi connectivity index (χ1v) is 7.96. The first-order chi connectivity index (χ1) is 10.1. The molecule has 1 aromatic carbocycles. The van der Waals surface area contributed by atoms with E-state index in [2.05, 4.69) is 28.9 Å². The van der Waals surface area contributed by atoms with Crippen molar-refractivity contribution in [3.05, 3.63) is 22.2 Å². The van der Waals surface area contributed by atoms with Gasteiger partial charge in [0.1, 0.15) is 0 Å². The Labute approximate surface area is 134 Å². The second kappa shape index (κ2) is 8.91. The molecule has 0 aliphatic rings. The molecule has 5 heteroatoms. The van der Waals surface area contributed by atoms with Gasteiger partial charge >= 0.3 is 0 Å². The molecule has 2 atom stereocenters. The molecule has 0 fully saturated rings. The van der Waals surface area contributed by atoms with Crippen molar-refractivity contribution >= 4 is 15.9 Å². The Balaban J connectivity index is 3.11. The highest BCUT2D eigenvalue weighted by Crippen LogP contribution is 2.39. The molecule has 0 aliphatic carbocycles. The molecule has 1 aromatic rings. The fourth-order valence-electron chi connectivity index (χ4n) is 2.17. The van der Waals surface area contributed by atoms with E-state index in [1.165, 1.54) is 0 Å². The van der Waals surface area contributed by atoms with Crippen LogP contribution in [0.2, 0.25) is 0 Å². The molecule has 0 aromatic heterocycles. The molecule has 0 amide bonds. The lowest BCUT2D eigenvalue weighted by Crippen LogP contribution is -2.17. The molecular formula is C16H22BrNO3. The van der Waals surface area contributed by atoms with E-state index in [1.807, 2.05) is 13.0 Å². The summed E-state index contributed by atoms with van der Waals surface area (Å²) in [5, 5.41) is 19.6. The topological polar surface area (TPSA) is 62.5 Å². The molecule has 2 unspecified atom stereocenters. The zero-order valence-electron chi connectivity index (χ0n) is 12.7. The van der Waals surface area contributed by atoms with Crippen molar-refractivity contribution in [3.63, 3.8) is 0 Å². The highest BCUT2D eigenvalue weighted by molar-refractivity contribution is 9.10. The van der Waals surface area contributed by atoms with E-state index in [1.54, 1.807) is 13.2 Å². The van der Waals surface area contributed by atoms with E-state index in [9.17, 15) is 10.4 Å². The molecule has 21 heavy (non-hydrogen) atoms. The fraction of sp³-hybridized carbons (Fsp3) is 0.562. The van der Waals surface area contributed by atoms with Crippen molar-refractivity contribution in [2.24, 2.45) is 0 Å². The van der Waals surface area contributed by atoms with Crippen molar-refractivity contribution in [2.75, 3.05) is 13.7 Å². The highest BCUT2D eigenvalue weighted by Gasteiger charge is 2.23. The first-order valence-electron chi connectivity index (χ1n) is 7.16. The van der Waals surface area contributed by atoms with Crippen molar-refractivity contribution in [1.82, 2.24) is 0 Å². The SMILES string of the molecule is CCCCC(O)C(C#N)c1cc(Br)c(OCC)c(OC)c1. The molecule has 0 spiro atoms. The fourth-order valence-corrected chi connectivity index (χ4v) is 2.74. The van der Waals surface area contributed by atoms with Gasteiger partial charge in [0.05, 0.1) is 36.3 Å². The van der Waals surface area contributed by atoms with Gasteiger partial charge in [-0.15, -0.1) is 0 Å². The number of benzene rings is 1. The molecule has 0 saturated carbocycles. The van der Waals surface area contributed by atoms with Crippen LogP contribution in [0.25, 0.3) is 0 Å². The molecule has 4 nitrogen and oxygen atoms in total. The van der Waals surface area contributed by atoms with Crippen LogP contribution in [0.15, 0.2) is 16.6 Å². The number of nitriles is 1.